The third-order valence-electron chi connectivity index (χ3n) is 2.91. The van der Waals surface area contributed by atoms with E-state index in [1.807, 2.05) is 30.3 Å². The maximum absolute atomic E-state index is 11.8. The highest BCUT2D eigenvalue weighted by Crippen LogP contribution is 2.11. The van der Waals surface area contributed by atoms with Crippen LogP contribution < -0.4 is 10.6 Å². The molecule has 1 heterocycles. The Labute approximate surface area is 137 Å². The van der Waals surface area contributed by atoms with E-state index in [9.17, 15) is 9.59 Å². The first-order chi connectivity index (χ1) is 10.6. The minimum atomic E-state index is -0.230. The van der Waals surface area contributed by atoms with E-state index in [0.717, 1.165) is 15.6 Å². The maximum atomic E-state index is 11.8. The maximum Gasteiger partial charge on any atom is 0.239 e. The van der Waals surface area contributed by atoms with Crippen molar-refractivity contribution in [1.29, 1.82) is 0 Å². The number of carbonyl (C=O) groups is 2. The Morgan fingerprint density at radius 1 is 1.05 bits per heavy atom. The van der Waals surface area contributed by atoms with E-state index in [1.54, 1.807) is 18.5 Å². The van der Waals surface area contributed by atoms with E-state index in [4.69, 9.17) is 0 Å². The molecule has 1 aromatic heterocycles. The van der Waals surface area contributed by atoms with E-state index in [1.165, 1.54) is 0 Å². The first-order valence-corrected chi connectivity index (χ1v) is 7.59. The normalized spacial score (nSPS) is 10.0. The van der Waals surface area contributed by atoms with Gasteiger partial charge in [0.2, 0.25) is 11.8 Å². The summed E-state index contributed by atoms with van der Waals surface area (Å²) in [5.74, 6) is -0.416. The third kappa shape index (κ3) is 5.65. The minimum absolute atomic E-state index is 0.0346. The molecule has 114 valence electrons. The molecule has 22 heavy (non-hydrogen) atoms. The fraction of sp³-hybridized carbons (Fsp3) is 0.188. The molecule has 0 aliphatic carbocycles. The average molecular weight is 362 g/mol. The molecule has 6 heteroatoms. The summed E-state index contributed by atoms with van der Waals surface area (Å²) >= 11 is 3.36. The monoisotopic (exact) mass is 361 g/mol. The molecule has 1 aromatic carbocycles. The second-order valence-corrected chi connectivity index (χ2v) is 5.64. The van der Waals surface area contributed by atoms with Gasteiger partial charge in [-0.1, -0.05) is 34.1 Å². The summed E-state index contributed by atoms with van der Waals surface area (Å²) in [6.07, 6.45) is 3.61. The molecule has 0 atom stereocenters. The van der Waals surface area contributed by atoms with Crippen molar-refractivity contribution in [2.75, 3.05) is 6.54 Å². The first kappa shape index (κ1) is 16.2. The van der Waals surface area contributed by atoms with Crippen molar-refractivity contribution in [2.45, 2.75) is 13.0 Å². The Morgan fingerprint density at radius 2 is 1.86 bits per heavy atom. The molecule has 0 aliphatic rings. The zero-order valence-corrected chi connectivity index (χ0v) is 13.5. The highest BCUT2D eigenvalue weighted by Gasteiger charge is 2.06. The topological polar surface area (TPSA) is 71.1 Å². The third-order valence-corrected chi connectivity index (χ3v) is 3.41. The number of hydrogen-bond donors (Lipinski definition) is 2. The summed E-state index contributed by atoms with van der Waals surface area (Å²) in [5.41, 5.74) is 1.80. The number of rotatable bonds is 6. The van der Waals surface area contributed by atoms with Gasteiger partial charge < -0.3 is 10.6 Å². The van der Waals surface area contributed by atoms with Gasteiger partial charge in [-0.15, -0.1) is 0 Å². The van der Waals surface area contributed by atoms with Crippen LogP contribution in [0.15, 0.2) is 53.3 Å². The van der Waals surface area contributed by atoms with Crippen molar-refractivity contribution in [3.63, 3.8) is 0 Å². The summed E-state index contributed by atoms with van der Waals surface area (Å²) in [6.45, 7) is 0.362. The van der Waals surface area contributed by atoms with Crippen LogP contribution in [0, 0.1) is 0 Å². The predicted octanol–water partition coefficient (Wildman–Crippen LogP) is 1.82. The van der Waals surface area contributed by atoms with E-state index in [0.29, 0.717) is 6.54 Å². The largest absolute Gasteiger partial charge is 0.350 e. The number of benzene rings is 1. The number of carbonyl (C=O) groups excluding carboxylic acids is 2. The summed E-state index contributed by atoms with van der Waals surface area (Å²) in [7, 11) is 0. The molecule has 0 fully saturated rings. The van der Waals surface area contributed by atoms with Crippen molar-refractivity contribution in [2.24, 2.45) is 0 Å². The van der Waals surface area contributed by atoms with Gasteiger partial charge >= 0.3 is 0 Å². The predicted molar refractivity (Wildman–Crippen MR) is 86.9 cm³/mol. The fourth-order valence-electron chi connectivity index (χ4n) is 1.84. The number of hydrogen-bond acceptors (Lipinski definition) is 3. The Hall–Kier alpha value is -2.21. The number of pyridine rings is 1. The van der Waals surface area contributed by atoms with Crippen molar-refractivity contribution in [1.82, 2.24) is 15.6 Å². The molecule has 2 aromatic rings. The van der Waals surface area contributed by atoms with Crippen LogP contribution in [0.25, 0.3) is 0 Å². The molecular formula is C16H16BrN3O2. The van der Waals surface area contributed by atoms with Gasteiger partial charge in [0.1, 0.15) is 0 Å². The van der Waals surface area contributed by atoms with Crippen molar-refractivity contribution in [3.8, 4) is 0 Å². The van der Waals surface area contributed by atoms with Gasteiger partial charge in [-0.2, -0.15) is 0 Å². The lowest BCUT2D eigenvalue weighted by Crippen LogP contribution is -2.37. The summed E-state index contributed by atoms with van der Waals surface area (Å²) in [6, 6.07) is 11.2. The number of amides is 2. The highest BCUT2D eigenvalue weighted by molar-refractivity contribution is 9.10. The van der Waals surface area contributed by atoms with E-state index in [-0.39, 0.29) is 24.8 Å². The first-order valence-electron chi connectivity index (χ1n) is 6.80. The van der Waals surface area contributed by atoms with Gasteiger partial charge in [0, 0.05) is 23.4 Å². The molecule has 2 N–H and O–H groups in total. The minimum Gasteiger partial charge on any atom is -0.350 e. The lowest BCUT2D eigenvalue weighted by molar-refractivity contribution is -0.125. The van der Waals surface area contributed by atoms with Crippen LogP contribution in [0.1, 0.15) is 11.1 Å². The second kappa shape index (κ2) is 8.29. The van der Waals surface area contributed by atoms with Crippen LogP contribution in [0.4, 0.5) is 0 Å². The summed E-state index contributed by atoms with van der Waals surface area (Å²) < 4.78 is 0.923. The lowest BCUT2D eigenvalue weighted by Gasteiger charge is -2.07. The molecular weight excluding hydrogens is 346 g/mol. The Morgan fingerprint density at radius 3 is 2.59 bits per heavy atom. The van der Waals surface area contributed by atoms with Crippen LogP contribution in [0.2, 0.25) is 0 Å². The molecule has 0 aliphatic heterocycles. The van der Waals surface area contributed by atoms with Gasteiger partial charge in [0.15, 0.2) is 0 Å². The molecule has 0 unspecified atom stereocenters. The van der Waals surface area contributed by atoms with Gasteiger partial charge in [0.25, 0.3) is 0 Å². The fourth-order valence-corrected chi connectivity index (χ4v) is 2.29. The quantitative estimate of drug-likeness (QED) is 0.824. The Bertz CT molecular complexity index is 647. The summed E-state index contributed by atoms with van der Waals surface area (Å²) in [5, 5.41) is 5.33. The van der Waals surface area contributed by atoms with E-state index < -0.39 is 0 Å². The second-order valence-electron chi connectivity index (χ2n) is 4.72. The lowest BCUT2D eigenvalue weighted by atomic mass is 10.1. The molecule has 0 spiro atoms. The zero-order valence-electron chi connectivity index (χ0n) is 11.9. The van der Waals surface area contributed by atoms with Crippen molar-refractivity contribution < 1.29 is 9.59 Å². The van der Waals surface area contributed by atoms with E-state index in [2.05, 4.69) is 31.5 Å². The number of halogens is 1. The highest BCUT2D eigenvalue weighted by atomic mass is 79.9. The van der Waals surface area contributed by atoms with Crippen LogP contribution in [0.3, 0.4) is 0 Å². The number of nitrogens with one attached hydrogen (secondary N) is 2. The van der Waals surface area contributed by atoms with Gasteiger partial charge in [0.05, 0.1) is 13.0 Å². The van der Waals surface area contributed by atoms with Gasteiger partial charge in [-0.05, 0) is 29.3 Å². The summed E-state index contributed by atoms with van der Waals surface area (Å²) in [4.78, 5) is 27.4. The molecule has 5 nitrogen and oxygen atoms in total. The number of nitrogens with zero attached hydrogens (tertiary/aromatic N) is 1. The van der Waals surface area contributed by atoms with Gasteiger partial charge in [-0.3, -0.25) is 14.6 Å². The smallest absolute Gasteiger partial charge is 0.239 e. The molecule has 0 saturated carbocycles. The SMILES string of the molecule is O=C(CNC(=O)Cc1cccc(Br)c1)NCc1cccnc1. The molecule has 0 radical (unpaired) electrons. The molecule has 2 rings (SSSR count). The molecule has 0 saturated heterocycles. The zero-order chi connectivity index (χ0) is 15.8. The average Bonchev–Trinajstić information content (AvgIpc) is 2.52. The standard InChI is InChI=1S/C16H16BrN3O2/c17-14-5-1-3-12(7-14)8-15(21)20-11-16(22)19-10-13-4-2-6-18-9-13/h1-7,9H,8,10-11H2,(H,19,22)(H,20,21). The van der Waals surface area contributed by atoms with Crippen LogP contribution in [0.5, 0.6) is 0 Å². The Balaban J connectivity index is 1.70. The molecule has 2 amide bonds. The number of aromatic nitrogens is 1. The van der Waals surface area contributed by atoms with Crippen LogP contribution in [-0.4, -0.2) is 23.3 Å². The van der Waals surface area contributed by atoms with Crippen LogP contribution >= 0.6 is 15.9 Å². The van der Waals surface area contributed by atoms with E-state index >= 15 is 0 Å². The van der Waals surface area contributed by atoms with Crippen LogP contribution in [-0.2, 0) is 22.6 Å². The molecule has 0 bridgehead atoms. The van der Waals surface area contributed by atoms with Crippen molar-refractivity contribution in [3.05, 3.63) is 64.4 Å². The Kier molecular flexibility index (Phi) is 6.09. The van der Waals surface area contributed by atoms with Crippen molar-refractivity contribution >= 4 is 27.7 Å². The van der Waals surface area contributed by atoms with Gasteiger partial charge in [-0.25, -0.2) is 0 Å².